The molecule has 4 nitrogen and oxygen atoms in total. The van der Waals surface area contributed by atoms with Gasteiger partial charge in [-0.15, -0.1) is 0 Å². The van der Waals surface area contributed by atoms with Gasteiger partial charge in [-0.3, -0.25) is 4.79 Å². The van der Waals surface area contributed by atoms with Crippen molar-refractivity contribution in [1.82, 2.24) is 0 Å². The van der Waals surface area contributed by atoms with E-state index >= 15 is 0 Å². The predicted molar refractivity (Wildman–Crippen MR) is 68.5 cm³/mol. The normalized spacial score (nSPS) is 10.2. The number of benzene rings is 1. The van der Waals surface area contributed by atoms with Gasteiger partial charge in [0.25, 0.3) is 0 Å². The number of halogens is 1. The molecule has 0 aliphatic heterocycles. The number of rotatable bonds is 4. The molecule has 0 saturated carbocycles. The topological polar surface area (TPSA) is 55.4 Å². The van der Waals surface area contributed by atoms with Gasteiger partial charge in [-0.2, -0.15) is 0 Å². The van der Waals surface area contributed by atoms with Crippen LogP contribution in [0.1, 0.15) is 6.92 Å². The van der Waals surface area contributed by atoms with Crippen LogP contribution in [-0.2, 0) is 14.3 Å². The number of hydrogen-bond donors (Lipinski definition) is 1. The van der Waals surface area contributed by atoms with Gasteiger partial charge in [0.1, 0.15) is 0 Å². The highest BCUT2D eigenvalue weighted by atomic mass is 79.9. The average molecular weight is 298 g/mol. The first-order valence-corrected chi connectivity index (χ1v) is 5.82. The van der Waals surface area contributed by atoms with E-state index in [0.29, 0.717) is 5.69 Å². The van der Waals surface area contributed by atoms with Crippen LogP contribution in [-0.4, -0.2) is 18.5 Å². The maximum Gasteiger partial charge on any atom is 0.330 e. The summed E-state index contributed by atoms with van der Waals surface area (Å²) in [5, 5.41) is 2.62. The Morgan fingerprint density at radius 1 is 1.41 bits per heavy atom. The van der Waals surface area contributed by atoms with E-state index in [0.717, 1.165) is 16.6 Å². The van der Waals surface area contributed by atoms with E-state index in [4.69, 9.17) is 0 Å². The SMILES string of the molecule is CCOC(=O)/C=C/C(=O)Nc1cccc(Br)c1. The van der Waals surface area contributed by atoms with Crippen LogP contribution in [0.3, 0.4) is 0 Å². The number of nitrogens with one attached hydrogen (secondary N) is 1. The predicted octanol–water partition coefficient (Wildman–Crippen LogP) is 2.51. The second-order valence-electron chi connectivity index (χ2n) is 3.08. The maximum absolute atomic E-state index is 11.4. The zero-order chi connectivity index (χ0) is 12.7. The number of carbonyl (C=O) groups is 2. The Morgan fingerprint density at radius 3 is 2.82 bits per heavy atom. The highest BCUT2D eigenvalue weighted by Crippen LogP contribution is 2.15. The zero-order valence-electron chi connectivity index (χ0n) is 9.27. The van der Waals surface area contributed by atoms with Crippen molar-refractivity contribution in [3.8, 4) is 0 Å². The van der Waals surface area contributed by atoms with Crippen LogP contribution in [0.25, 0.3) is 0 Å². The summed E-state index contributed by atoms with van der Waals surface area (Å²) in [6.45, 7) is 1.99. The van der Waals surface area contributed by atoms with Crippen molar-refractivity contribution in [1.29, 1.82) is 0 Å². The van der Waals surface area contributed by atoms with Crippen LogP contribution >= 0.6 is 15.9 Å². The van der Waals surface area contributed by atoms with Gasteiger partial charge < -0.3 is 10.1 Å². The summed E-state index contributed by atoms with van der Waals surface area (Å²) >= 11 is 3.29. The Bertz CT molecular complexity index is 443. The first kappa shape index (κ1) is 13.4. The lowest BCUT2D eigenvalue weighted by molar-refractivity contribution is -0.137. The van der Waals surface area contributed by atoms with Crippen molar-refractivity contribution in [2.45, 2.75) is 6.92 Å². The van der Waals surface area contributed by atoms with E-state index in [9.17, 15) is 9.59 Å². The summed E-state index contributed by atoms with van der Waals surface area (Å²) < 4.78 is 5.51. The van der Waals surface area contributed by atoms with Crippen LogP contribution in [0.2, 0.25) is 0 Å². The van der Waals surface area contributed by atoms with Gasteiger partial charge >= 0.3 is 5.97 Å². The van der Waals surface area contributed by atoms with Gasteiger partial charge in [0.05, 0.1) is 6.61 Å². The van der Waals surface area contributed by atoms with Gasteiger partial charge in [0.15, 0.2) is 0 Å². The number of ether oxygens (including phenoxy) is 1. The van der Waals surface area contributed by atoms with Crippen molar-refractivity contribution in [2.75, 3.05) is 11.9 Å². The van der Waals surface area contributed by atoms with E-state index in [2.05, 4.69) is 26.0 Å². The van der Waals surface area contributed by atoms with E-state index in [1.165, 1.54) is 0 Å². The molecule has 0 atom stereocenters. The van der Waals surface area contributed by atoms with Crippen LogP contribution in [0, 0.1) is 0 Å². The Balaban J connectivity index is 2.53. The molecule has 1 aromatic rings. The summed E-state index contributed by atoms with van der Waals surface area (Å²) in [6, 6.07) is 7.16. The van der Waals surface area contributed by atoms with Crippen molar-refractivity contribution in [2.24, 2.45) is 0 Å². The van der Waals surface area contributed by atoms with Crippen molar-refractivity contribution in [3.63, 3.8) is 0 Å². The Morgan fingerprint density at radius 2 is 2.18 bits per heavy atom. The number of anilines is 1. The molecule has 1 amide bonds. The summed E-state index contributed by atoms with van der Waals surface area (Å²) in [7, 11) is 0. The molecular weight excluding hydrogens is 286 g/mol. The minimum absolute atomic E-state index is 0.288. The monoisotopic (exact) mass is 297 g/mol. The van der Waals surface area contributed by atoms with Gasteiger partial charge in [-0.25, -0.2) is 4.79 Å². The molecule has 0 bridgehead atoms. The van der Waals surface area contributed by atoms with Crippen LogP contribution < -0.4 is 5.32 Å². The molecule has 0 aliphatic carbocycles. The fraction of sp³-hybridized carbons (Fsp3) is 0.167. The smallest absolute Gasteiger partial charge is 0.330 e. The summed E-state index contributed by atoms with van der Waals surface area (Å²) in [5.74, 6) is -0.909. The van der Waals surface area contributed by atoms with Gasteiger partial charge in [-0.1, -0.05) is 22.0 Å². The molecular formula is C12H12BrNO3. The third-order valence-corrected chi connectivity index (χ3v) is 2.24. The highest BCUT2D eigenvalue weighted by Gasteiger charge is 2.00. The molecule has 0 saturated heterocycles. The van der Waals surface area contributed by atoms with E-state index in [1.807, 2.05) is 6.07 Å². The molecule has 1 rings (SSSR count). The first-order chi connectivity index (χ1) is 8.11. The van der Waals surface area contributed by atoms with Crippen molar-refractivity contribution < 1.29 is 14.3 Å². The minimum atomic E-state index is -0.531. The Kier molecular flexibility index (Phi) is 5.42. The van der Waals surface area contributed by atoms with Crippen molar-refractivity contribution in [3.05, 3.63) is 40.9 Å². The minimum Gasteiger partial charge on any atom is -0.463 e. The summed E-state index contributed by atoms with van der Waals surface area (Å²) in [4.78, 5) is 22.4. The van der Waals surface area contributed by atoms with E-state index in [-0.39, 0.29) is 12.5 Å². The summed E-state index contributed by atoms with van der Waals surface area (Å²) in [6.07, 6.45) is 2.23. The van der Waals surface area contributed by atoms with Crippen LogP contribution in [0.5, 0.6) is 0 Å². The molecule has 0 aromatic heterocycles. The van der Waals surface area contributed by atoms with E-state index < -0.39 is 5.97 Å². The number of hydrogen-bond acceptors (Lipinski definition) is 3. The fourth-order valence-corrected chi connectivity index (χ4v) is 1.48. The fourth-order valence-electron chi connectivity index (χ4n) is 1.08. The van der Waals surface area contributed by atoms with Crippen LogP contribution in [0.4, 0.5) is 5.69 Å². The van der Waals surface area contributed by atoms with E-state index in [1.54, 1.807) is 25.1 Å². The lowest BCUT2D eigenvalue weighted by Gasteiger charge is -2.01. The van der Waals surface area contributed by atoms with Gasteiger partial charge in [0.2, 0.25) is 5.91 Å². The van der Waals surface area contributed by atoms with Gasteiger partial charge in [-0.05, 0) is 25.1 Å². The molecule has 0 heterocycles. The third-order valence-electron chi connectivity index (χ3n) is 1.75. The molecule has 0 radical (unpaired) electrons. The lowest BCUT2D eigenvalue weighted by atomic mass is 10.3. The second-order valence-corrected chi connectivity index (χ2v) is 4.00. The molecule has 0 aliphatic rings. The molecule has 0 unspecified atom stereocenters. The third kappa shape index (κ3) is 5.31. The highest BCUT2D eigenvalue weighted by molar-refractivity contribution is 9.10. The lowest BCUT2D eigenvalue weighted by Crippen LogP contribution is -2.09. The summed E-state index contributed by atoms with van der Waals surface area (Å²) in [5.41, 5.74) is 0.651. The quantitative estimate of drug-likeness (QED) is 0.686. The Labute approximate surface area is 108 Å². The molecule has 90 valence electrons. The first-order valence-electron chi connectivity index (χ1n) is 5.03. The largest absolute Gasteiger partial charge is 0.463 e. The zero-order valence-corrected chi connectivity index (χ0v) is 10.9. The number of carbonyl (C=O) groups excluding carboxylic acids is 2. The number of amides is 1. The van der Waals surface area contributed by atoms with Gasteiger partial charge in [0, 0.05) is 22.3 Å². The molecule has 1 N–H and O–H groups in total. The van der Waals surface area contributed by atoms with Crippen LogP contribution in [0.15, 0.2) is 40.9 Å². The van der Waals surface area contributed by atoms with Crippen molar-refractivity contribution >= 4 is 33.5 Å². The molecule has 5 heteroatoms. The molecule has 17 heavy (non-hydrogen) atoms. The molecule has 1 aromatic carbocycles. The average Bonchev–Trinajstić information content (AvgIpc) is 2.27. The second kappa shape index (κ2) is 6.85. The Hall–Kier alpha value is -1.62. The molecule has 0 spiro atoms. The molecule has 0 fully saturated rings. The standard InChI is InChI=1S/C12H12BrNO3/c1-2-17-12(16)7-6-11(15)14-10-5-3-4-9(13)8-10/h3-8H,2H2,1H3,(H,14,15)/b7-6+. The number of esters is 1. The maximum atomic E-state index is 11.4.